The highest BCUT2D eigenvalue weighted by atomic mass is 79.9. The smallest absolute Gasteiger partial charge is 0.141 e. The third kappa shape index (κ3) is 3.66. The van der Waals surface area contributed by atoms with E-state index in [0.717, 1.165) is 5.56 Å². The molecule has 21 heavy (non-hydrogen) atoms. The highest BCUT2D eigenvalue weighted by molar-refractivity contribution is 9.09. The summed E-state index contributed by atoms with van der Waals surface area (Å²) >= 11 is 12.8. The van der Waals surface area contributed by atoms with Crippen LogP contribution in [0.1, 0.15) is 11.1 Å². The summed E-state index contributed by atoms with van der Waals surface area (Å²) in [6.07, 6.45) is 0.546. The molecule has 0 nitrogen and oxygen atoms in total. The molecule has 0 N–H and O–H groups in total. The fourth-order valence-corrected chi connectivity index (χ4v) is 4.43. The van der Waals surface area contributed by atoms with Gasteiger partial charge in [-0.1, -0.05) is 67.7 Å². The van der Waals surface area contributed by atoms with Crippen molar-refractivity contribution < 1.29 is 8.78 Å². The Morgan fingerprint density at radius 3 is 2.19 bits per heavy atom. The van der Waals surface area contributed by atoms with Crippen LogP contribution in [0.2, 0.25) is 5.02 Å². The monoisotopic (exact) mass is 436 g/mol. The predicted octanol–water partition coefficient (Wildman–Crippen LogP) is 5.89. The third-order valence-corrected chi connectivity index (χ3v) is 5.92. The van der Waals surface area contributed by atoms with Crippen molar-refractivity contribution in [3.05, 3.63) is 70.2 Å². The quantitative estimate of drug-likeness (QED) is 0.511. The first-order valence-electron chi connectivity index (χ1n) is 6.33. The molecule has 0 saturated carbocycles. The van der Waals surface area contributed by atoms with Gasteiger partial charge in [0.05, 0.1) is 5.02 Å². The number of halogens is 5. The average molecular weight is 439 g/mol. The van der Waals surface area contributed by atoms with Crippen LogP contribution in [-0.4, -0.2) is 10.7 Å². The van der Waals surface area contributed by atoms with Gasteiger partial charge in [0.25, 0.3) is 0 Å². The van der Waals surface area contributed by atoms with E-state index in [1.807, 2.05) is 6.07 Å². The summed E-state index contributed by atoms with van der Waals surface area (Å²) < 4.78 is 27.4. The molecular weight excluding hydrogens is 425 g/mol. The van der Waals surface area contributed by atoms with Crippen LogP contribution in [0.3, 0.4) is 0 Å². The van der Waals surface area contributed by atoms with Crippen molar-refractivity contribution in [3.63, 3.8) is 0 Å². The van der Waals surface area contributed by atoms with E-state index in [0.29, 0.717) is 22.6 Å². The molecule has 5 heteroatoms. The molecule has 0 heterocycles. The molecule has 0 fully saturated rings. The molecule has 2 aromatic carbocycles. The largest absolute Gasteiger partial charge is 0.207 e. The van der Waals surface area contributed by atoms with Crippen LogP contribution in [-0.2, 0) is 11.8 Å². The molecule has 0 bridgehead atoms. The van der Waals surface area contributed by atoms with Crippen LogP contribution in [0.25, 0.3) is 0 Å². The van der Waals surface area contributed by atoms with E-state index in [1.165, 1.54) is 12.1 Å². The SMILES string of the molecule is Fc1ccc(CC(CBr)(CBr)c2ccccc2F)cc1Cl. The van der Waals surface area contributed by atoms with Gasteiger partial charge in [0.1, 0.15) is 11.6 Å². The summed E-state index contributed by atoms with van der Waals surface area (Å²) in [6.45, 7) is 0. The van der Waals surface area contributed by atoms with Crippen molar-refractivity contribution in [2.24, 2.45) is 0 Å². The number of rotatable bonds is 5. The van der Waals surface area contributed by atoms with Gasteiger partial charge in [-0.05, 0) is 35.7 Å². The molecule has 0 aliphatic rings. The number of hydrogen-bond donors (Lipinski definition) is 0. The molecule has 0 atom stereocenters. The second-order valence-electron chi connectivity index (χ2n) is 4.95. The van der Waals surface area contributed by atoms with Crippen LogP contribution < -0.4 is 0 Å². The Morgan fingerprint density at radius 2 is 1.62 bits per heavy atom. The van der Waals surface area contributed by atoms with Gasteiger partial charge < -0.3 is 0 Å². The topological polar surface area (TPSA) is 0 Å². The first-order chi connectivity index (χ1) is 10.0. The normalized spacial score (nSPS) is 11.7. The summed E-state index contributed by atoms with van der Waals surface area (Å²) in [4.78, 5) is 0. The standard InChI is InChI=1S/C16H13Br2ClF2/c17-9-16(10-18,12-3-1-2-4-14(12)20)8-11-5-6-15(21)13(19)7-11/h1-7H,8-10H2. The van der Waals surface area contributed by atoms with E-state index >= 15 is 0 Å². The Morgan fingerprint density at radius 1 is 0.952 bits per heavy atom. The maximum atomic E-state index is 14.2. The van der Waals surface area contributed by atoms with Crippen molar-refractivity contribution in [2.75, 3.05) is 10.7 Å². The van der Waals surface area contributed by atoms with E-state index in [1.54, 1.807) is 24.3 Å². The van der Waals surface area contributed by atoms with Gasteiger partial charge in [0, 0.05) is 16.1 Å². The zero-order valence-corrected chi connectivity index (χ0v) is 15.0. The minimum atomic E-state index is -0.466. The number of alkyl halides is 2. The van der Waals surface area contributed by atoms with E-state index in [4.69, 9.17) is 11.6 Å². The summed E-state index contributed by atoms with van der Waals surface area (Å²) in [7, 11) is 0. The number of benzene rings is 2. The maximum Gasteiger partial charge on any atom is 0.141 e. The lowest BCUT2D eigenvalue weighted by atomic mass is 9.79. The molecule has 0 aromatic heterocycles. The van der Waals surface area contributed by atoms with Crippen molar-refractivity contribution in [1.29, 1.82) is 0 Å². The highest BCUT2D eigenvalue weighted by Crippen LogP contribution is 2.35. The fraction of sp³-hybridized carbons (Fsp3) is 0.250. The van der Waals surface area contributed by atoms with Crippen LogP contribution >= 0.6 is 43.5 Å². The molecule has 0 amide bonds. The van der Waals surface area contributed by atoms with Crippen LogP contribution in [0.5, 0.6) is 0 Å². The lowest BCUT2D eigenvalue weighted by Gasteiger charge is -2.31. The van der Waals surface area contributed by atoms with Crippen LogP contribution in [0, 0.1) is 11.6 Å². The van der Waals surface area contributed by atoms with Gasteiger partial charge in [-0.3, -0.25) is 0 Å². The van der Waals surface area contributed by atoms with E-state index < -0.39 is 11.2 Å². The van der Waals surface area contributed by atoms with E-state index in [2.05, 4.69) is 31.9 Å². The summed E-state index contributed by atoms with van der Waals surface area (Å²) in [5, 5.41) is 1.22. The molecule has 2 rings (SSSR count). The number of hydrogen-bond acceptors (Lipinski definition) is 0. The fourth-order valence-electron chi connectivity index (χ4n) is 2.30. The van der Waals surface area contributed by atoms with Gasteiger partial charge in [0.15, 0.2) is 0 Å². The third-order valence-electron chi connectivity index (χ3n) is 3.48. The molecule has 112 valence electrons. The van der Waals surface area contributed by atoms with Gasteiger partial charge in [-0.2, -0.15) is 0 Å². The molecule has 0 aliphatic heterocycles. The minimum Gasteiger partial charge on any atom is -0.207 e. The molecule has 0 spiro atoms. The molecular formula is C16H13Br2ClF2. The molecule has 0 unspecified atom stereocenters. The Bertz CT molecular complexity index is 627. The van der Waals surface area contributed by atoms with Crippen molar-refractivity contribution >= 4 is 43.5 Å². The highest BCUT2D eigenvalue weighted by Gasteiger charge is 2.33. The molecule has 0 radical (unpaired) electrons. The van der Waals surface area contributed by atoms with Crippen LogP contribution in [0.15, 0.2) is 42.5 Å². The van der Waals surface area contributed by atoms with Crippen molar-refractivity contribution in [3.8, 4) is 0 Å². The average Bonchev–Trinajstić information content (AvgIpc) is 2.49. The van der Waals surface area contributed by atoms with E-state index in [-0.39, 0.29) is 10.8 Å². The lowest BCUT2D eigenvalue weighted by Crippen LogP contribution is -2.34. The van der Waals surface area contributed by atoms with Gasteiger partial charge in [0.2, 0.25) is 0 Å². The zero-order valence-electron chi connectivity index (χ0n) is 11.1. The van der Waals surface area contributed by atoms with Crippen molar-refractivity contribution in [2.45, 2.75) is 11.8 Å². The van der Waals surface area contributed by atoms with Gasteiger partial charge in [-0.15, -0.1) is 0 Å². The first kappa shape index (κ1) is 16.9. The van der Waals surface area contributed by atoms with Gasteiger partial charge in [-0.25, -0.2) is 8.78 Å². The maximum absolute atomic E-state index is 14.2. The Kier molecular flexibility index (Phi) is 5.81. The Hall–Kier alpha value is -0.450. The summed E-state index contributed by atoms with van der Waals surface area (Å²) in [5.41, 5.74) is 1.02. The Balaban J connectivity index is 2.43. The second kappa shape index (κ2) is 7.21. The van der Waals surface area contributed by atoms with E-state index in [9.17, 15) is 8.78 Å². The van der Waals surface area contributed by atoms with Crippen molar-refractivity contribution in [1.82, 2.24) is 0 Å². The predicted molar refractivity (Wildman–Crippen MR) is 90.8 cm³/mol. The molecule has 0 aliphatic carbocycles. The molecule has 0 saturated heterocycles. The summed E-state index contributed by atoms with van der Waals surface area (Å²) in [5.74, 6) is -0.695. The second-order valence-corrected chi connectivity index (χ2v) is 6.48. The minimum absolute atomic E-state index is 0.0825. The Labute approximate surface area is 144 Å². The van der Waals surface area contributed by atoms with Crippen LogP contribution in [0.4, 0.5) is 8.78 Å². The first-order valence-corrected chi connectivity index (χ1v) is 8.95. The lowest BCUT2D eigenvalue weighted by molar-refractivity contribution is 0.500. The molecule has 2 aromatic rings. The zero-order chi connectivity index (χ0) is 15.5. The summed E-state index contributed by atoms with van der Waals surface area (Å²) in [6, 6.07) is 11.3. The van der Waals surface area contributed by atoms with Gasteiger partial charge >= 0.3 is 0 Å².